The number of sulfonamides is 1. The third-order valence-corrected chi connectivity index (χ3v) is 6.08. The normalized spacial score (nSPS) is 12.3. The minimum atomic E-state index is -3.44. The van der Waals surface area contributed by atoms with Gasteiger partial charge >= 0.3 is 0 Å². The van der Waals surface area contributed by atoms with Crippen molar-refractivity contribution in [1.82, 2.24) is 14.1 Å². The summed E-state index contributed by atoms with van der Waals surface area (Å²) in [6.07, 6.45) is 1.54. The van der Waals surface area contributed by atoms with Crippen LogP contribution in [0.15, 0.2) is 41.1 Å². The third kappa shape index (κ3) is 5.38. The van der Waals surface area contributed by atoms with Gasteiger partial charge < -0.3 is 5.73 Å². The fourth-order valence-electron chi connectivity index (χ4n) is 2.66. The second kappa shape index (κ2) is 9.45. The van der Waals surface area contributed by atoms with Crippen LogP contribution in [0.2, 0.25) is 0 Å². The lowest BCUT2D eigenvalue weighted by molar-refractivity contribution is 0.520. The number of aromatic nitrogens is 2. The van der Waals surface area contributed by atoms with Crippen molar-refractivity contribution in [3.8, 4) is 0 Å². The van der Waals surface area contributed by atoms with Crippen LogP contribution in [0, 0.1) is 13.8 Å². The molecule has 6 nitrogen and oxygen atoms in total. The summed E-state index contributed by atoms with van der Waals surface area (Å²) in [5.41, 5.74) is 8.76. The Kier molecular flexibility index (Phi) is 8.16. The van der Waals surface area contributed by atoms with Crippen molar-refractivity contribution < 1.29 is 12.8 Å². The van der Waals surface area contributed by atoms with Crippen molar-refractivity contribution in [1.29, 1.82) is 0 Å². The van der Waals surface area contributed by atoms with Gasteiger partial charge in [0.1, 0.15) is 5.83 Å². The number of nitrogens with two attached hydrogens (primary N) is 1. The second-order valence-corrected chi connectivity index (χ2v) is 8.45. The topological polar surface area (TPSA) is 81.2 Å². The highest BCUT2D eigenvalue weighted by Gasteiger charge is 2.17. The summed E-state index contributed by atoms with van der Waals surface area (Å²) in [7, 11) is -0.446. The van der Waals surface area contributed by atoms with E-state index in [1.807, 2.05) is 13.8 Å². The SMILES string of the molecule is Cc1nn(Cc2ccc(S(=O)(=O)N(C)C)cc2)c(C)c1CC(F)=CCN.Cl. The molecule has 0 aliphatic carbocycles. The summed E-state index contributed by atoms with van der Waals surface area (Å²) < 4.78 is 41.0. The van der Waals surface area contributed by atoms with Gasteiger partial charge in [-0.3, -0.25) is 4.68 Å². The highest BCUT2D eigenvalue weighted by atomic mass is 35.5. The van der Waals surface area contributed by atoms with Crippen LogP contribution < -0.4 is 5.73 Å². The number of allylic oxidation sites excluding steroid dienone is 1. The van der Waals surface area contributed by atoms with Crippen LogP contribution in [0.4, 0.5) is 4.39 Å². The summed E-state index contributed by atoms with van der Waals surface area (Å²) in [6.45, 7) is 4.40. The zero-order valence-electron chi connectivity index (χ0n) is 15.9. The van der Waals surface area contributed by atoms with Gasteiger partial charge in [0.05, 0.1) is 17.1 Å². The average molecular weight is 417 g/mol. The first-order valence-electron chi connectivity index (χ1n) is 8.25. The van der Waals surface area contributed by atoms with Crippen molar-refractivity contribution in [2.75, 3.05) is 20.6 Å². The molecule has 0 unspecified atom stereocenters. The summed E-state index contributed by atoms with van der Waals surface area (Å²) >= 11 is 0. The Hall–Kier alpha value is -1.74. The molecule has 0 saturated carbocycles. The molecule has 9 heteroatoms. The van der Waals surface area contributed by atoms with Gasteiger partial charge in [0.2, 0.25) is 10.0 Å². The molecule has 0 amide bonds. The Morgan fingerprint density at radius 2 is 1.85 bits per heavy atom. The van der Waals surface area contributed by atoms with Crippen molar-refractivity contribution in [3.05, 3.63) is 58.7 Å². The van der Waals surface area contributed by atoms with E-state index in [0.717, 1.165) is 22.5 Å². The Morgan fingerprint density at radius 1 is 1.26 bits per heavy atom. The molecule has 0 aliphatic heterocycles. The van der Waals surface area contributed by atoms with Crippen LogP contribution in [0.5, 0.6) is 0 Å². The Morgan fingerprint density at radius 3 is 2.37 bits per heavy atom. The van der Waals surface area contributed by atoms with Gasteiger partial charge in [-0.2, -0.15) is 5.10 Å². The molecular formula is C18H26ClFN4O2S. The van der Waals surface area contributed by atoms with Gasteiger partial charge in [0.25, 0.3) is 0 Å². The molecule has 1 heterocycles. The molecule has 0 spiro atoms. The number of aryl methyl sites for hydroxylation is 1. The summed E-state index contributed by atoms with van der Waals surface area (Å²) in [5, 5.41) is 4.48. The molecule has 1 aromatic carbocycles. The van der Waals surface area contributed by atoms with E-state index in [0.29, 0.717) is 6.54 Å². The molecule has 27 heavy (non-hydrogen) atoms. The average Bonchev–Trinajstić information content (AvgIpc) is 2.83. The minimum Gasteiger partial charge on any atom is -0.327 e. The van der Waals surface area contributed by atoms with E-state index in [2.05, 4.69) is 5.10 Å². The van der Waals surface area contributed by atoms with Crippen molar-refractivity contribution in [2.24, 2.45) is 5.73 Å². The van der Waals surface area contributed by atoms with Crippen LogP contribution in [-0.4, -0.2) is 43.1 Å². The third-order valence-electron chi connectivity index (χ3n) is 4.25. The first-order chi connectivity index (χ1) is 12.2. The molecule has 2 aromatic rings. The van der Waals surface area contributed by atoms with E-state index in [9.17, 15) is 12.8 Å². The smallest absolute Gasteiger partial charge is 0.242 e. The molecule has 150 valence electrons. The standard InChI is InChI=1S/C18H25FN4O2S.ClH/c1-13-18(11-16(19)9-10-20)14(2)23(21-13)12-15-5-7-17(8-6-15)26(24,25)22(3)4;/h5-9H,10-12,20H2,1-4H3;1H. The van der Waals surface area contributed by atoms with Gasteiger partial charge in [-0.25, -0.2) is 17.1 Å². The quantitative estimate of drug-likeness (QED) is 0.752. The summed E-state index contributed by atoms with van der Waals surface area (Å²) in [4.78, 5) is 0.245. The molecule has 2 rings (SSSR count). The van der Waals surface area contributed by atoms with E-state index in [-0.39, 0.29) is 36.1 Å². The molecule has 0 bridgehead atoms. The lowest BCUT2D eigenvalue weighted by atomic mass is 10.1. The zero-order valence-corrected chi connectivity index (χ0v) is 17.6. The molecule has 0 atom stereocenters. The van der Waals surface area contributed by atoms with E-state index in [1.165, 1.54) is 24.5 Å². The molecule has 1 aromatic heterocycles. The zero-order chi connectivity index (χ0) is 19.5. The maximum atomic E-state index is 13.8. The van der Waals surface area contributed by atoms with Gasteiger partial charge in [-0.05, 0) is 37.6 Å². The highest BCUT2D eigenvalue weighted by molar-refractivity contribution is 7.89. The number of benzene rings is 1. The number of hydrogen-bond acceptors (Lipinski definition) is 4. The largest absolute Gasteiger partial charge is 0.327 e. The Balaban J connectivity index is 0.00000364. The maximum Gasteiger partial charge on any atom is 0.242 e. The molecule has 0 aliphatic rings. The van der Waals surface area contributed by atoms with E-state index >= 15 is 0 Å². The van der Waals surface area contributed by atoms with Gasteiger partial charge in [0, 0.05) is 38.3 Å². The predicted molar refractivity (Wildman–Crippen MR) is 107 cm³/mol. The van der Waals surface area contributed by atoms with Gasteiger partial charge in [-0.1, -0.05) is 12.1 Å². The molecule has 0 saturated heterocycles. The number of rotatable bonds is 7. The van der Waals surface area contributed by atoms with Crippen LogP contribution in [-0.2, 0) is 23.0 Å². The first-order valence-corrected chi connectivity index (χ1v) is 9.69. The second-order valence-electron chi connectivity index (χ2n) is 6.30. The summed E-state index contributed by atoms with van der Waals surface area (Å²) in [6, 6.07) is 6.70. The van der Waals surface area contributed by atoms with E-state index < -0.39 is 10.0 Å². The van der Waals surface area contributed by atoms with Crippen LogP contribution in [0.25, 0.3) is 0 Å². The first kappa shape index (κ1) is 23.3. The number of hydrogen-bond donors (Lipinski definition) is 1. The minimum absolute atomic E-state index is 0. The van der Waals surface area contributed by atoms with E-state index in [4.69, 9.17) is 5.73 Å². The number of nitrogens with zero attached hydrogens (tertiary/aromatic N) is 3. The summed E-state index contributed by atoms with van der Waals surface area (Å²) in [5.74, 6) is -0.267. The fraction of sp³-hybridized carbons (Fsp3) is 0.389. The lowest BCUT2D eigenvalue weighted by Crippen LogP contribution is -2.22. The predicted octanol–water partition coefficient (Wildman–Crippen LogP) is 2.57. The molecule has 0 fully saturated rings. The van der Waals surface area contributed by atoms with E-state index in [1.54, 1.807) is 28.9 Å². The fourth-order valence-corrected chi connectivity index (χ4v) is 3.56. The number of halogens is 2. The van der Waals surface area contributed by atoms with Crippen molar-refractivity contribution in [3.63, 3.8) is 0 Å². The molecular weight excluding hydrogens is 391 g/mol. The van der Waals surface area contributed by atoms with Crippen LogP contribution in [0.3, 0.4) is 0 Å². The molecule has 2 N–H and O–H groups in total. The Labute approximate surface area is 166 Å². The maximum absolute atomic E-state index is 13.8. The van der Waals surface area contributed by atoms with Crippen molar-refractivity contribution in [2.45, 2.75) is 31.7 Å². The molecule has 0 radical (unpaired) electrons. The lowest BCUT2D eigenvalue weighted by Gasteiger charge is -2.12. The van der Waals surface area contributed by atoms with Crippen LogP contribution in [0.1, 0.15) is 22.5 Å². The highest BCUT2D eigenvalue weighted by Crippen LogP contribution is 2.20. The Bertz CT molecular complexity index is 906. The van der Waals surface area contributed by atoms with Gasteiger partial charge in [0.15, 0.2) is 0 Å². The van der Waals surface area contributed by atoms with Gasteiger partial charge in [-0.15, -0.1) is 12.4 Å². The monoisotopic (exact) mass is 416 g/mol. The van der Waals surface area contributed by atoms with Crippen molar-refractivity contribution >= 4 is 22.4 Å². The van der Waals surface area contributed by atoms with Crippen LogP contribution >= 0.6 is 12.4 Å².